The van der Waals surface area contributed by atoms with Gasteiger partial charge in [-0.25, -0.2) is 0 Å². The van der Waals surface area contributed by atoms with Gasteiger partial charge >= 0.3 is 0 Å². The predicted molar refractivity (Wildman–Crippen MR) is 75.5 cm³/mol. The first-order valence-corrected chi connectivity index (χ1v) is 7.19. The van der Waals surface area contributed by atoms with E-state index in [4.69, 9.17) is 5.73 Å². The van der Waals surface area contributed by atoms with Crippen molar-refractivity contribution in [3.63, 3.8) is 0 Å². The summed E-state index contributed by atoms with van der Waals surface area (Å²) in [5, 5.41) is 2.94. The zero-order valence-corrected chi connectivity index (χ0v) is 12.4. The topological polar surface area (TPSA) is 75.4 Å². The fourth-order valence-electron chi connectivity index (χ4n) is 2.40. The molecule has 5 nitrogen and oxygen atoms in total. The summed E-state index contributed by atoms with van der Waals surface area (Å²) in [7, 11) is 0. The first kappa shape index (κ1) is 16.0. The molecule has 5 heteroatoms. The standard InChI is InChI=1S/C14H27N3O2/c1-4-6-12(18)16-9-11-7-5-8-17(10-11)13(19)14(2,3)15/h11H,4-10,15H2,1-3H3,(H,16,18). The Bertz CT molecular complexity index is 323. The zero-order chi connectivity index (χ0) is 14.5. The van der Waals surface area contributed by atoms with Gasteiger partial charge in [0.1, 0.15) is 0 Å². The summed E-state index contributed by atoms with van der Waals surface area (Å²) in [6.45, 7) is 7.60. The van der Waals surface area contributed by atoms with E-state index in [-0.39, 0.29) is 11.8 Å². The van der Waals surface area contributed by atoms with Crippen LogP contribution in [0.3, 0.4) is 0 Å². The van der Waals surface area contributed by atoms with Crippen molar-refractivity contribution < 1.29 is 9.59 Å². The van der Waals surface area contributed by atoms with E-state index in [1.165, 1.54) is 0 Å². The van der Waals surface area contributed by atoms with E-state index in [0.29, 0.717) is 25.4 Å². The van der Waals surface area contributed by atoms with E-state index < -0.39 is 5.54 Å². The molecule has 110 valence electrons. The molecule has 0 bridgehead atoms. The van der Waals surface area contributed by atoms with Crippen LogP contribution in [-0.4, -0.2) is 41.9 Å². The summed E-state index contributed by atoms with van der Waals surface area (Å²) < 4.78 is 0. The van der Waals surface area contributed by atoms with Crippen LogP contribution in [0.2, 0.25) is 0 Å². The van der Waals surface area contributed by atoms with Gasteiger partial charge in [0.05, 0.1) is 5.54 Å². The lowest BCUT2D eigenvalue weighted by molar-refractivity contribution is -0.137. The van der Waals surface area contributed by atoms with E-state index in [1.807, 2.05) is 11.8 Å². The molecular formula is C14H27N3O2. The Morgan fingerprint density at radius 1 is 1.42 bits per heavy atom. The highest BCUT2D eigenvalue weighted by molar-refractivity contribution is 5.85. The first-order valence-electron chi connectivity index (χ1n) is 7.19. The van der Waals surface area contributed by atoms with Crippen molar-refractivity contribution in [1.29, 1.82) is 0 Å². The van der Waals surface area contributed by atoms with Gasteiger partial charge in [-0.05, 0) is 39.0 Å². The normalized spacial score (nSPS) is 20.2. The molecule has 2 amide bonds. The van der Waals surface area contributed by atoms with Gasteiger partial charge in [-0.3, -0.25) is 9.59 Å². The second-order valence-corrected chi connectivity index (χ2v) is 6.04. The number of carbonyl (C=O) groups is 2. The molecule has 1 saturated heterocycles. The molecule has 0 saturated carbocycles. The molecule has 1 unspecified atom stereocenters. The monoisotopic (exact) mass is 269 g/mol. The summed E-state index contributed by atoms with van der Waals surface area (Å²) in [6, 6.07) is 0. The van der Waals surface area contributed by atoms with Gasteiger partial charge in [0.15, 0.2) is 0 Å². The molecule has 3 N–H and O–H groups in total. The van der Waals surface area contributed by atoms with Crippen molar-refractivity contribution >= 4 is 11.8 Å². The maximum atomic E-state index is 12.1. The Hall–Kier alpha value is -1.10. The number of likely N-dealkylation sites (tertiary alicyclic amines) is 1. The second kappa shape index (κ2) is 6.89. The number of hydrogen-bond donors (Lipinski definition) is 2. The van der Waals surface area contributed by atoms with Crippen molar-refractivity contribution in [2.45, 2.75) is 52.0 Å². The maximum absolute atomic E-state index is 12.1. The number of carbonyl (C=O) groups excluding carboxylic acids is 2. The fourth-order valence-corrected chi connectivity index (χ4v) is 2.40. The molecule has 0 radical (unpaired) electrons. The van der Waals surface area contributed by atoms with E-state index in [9.17, 15) is 9.59 Å². The summed E-state index contributed by atoms with van der Waals surface area (Å²) in [6.07, 6.45) is 3.48. The molecule has 1 aliphatic heterocycles. The zero-order valence-electron chi connectivity index (χ0n) is 12.4. The lowest BCUT2D eigenvalue weighted by Crippen LogP contribution is -2.54. The van der Waals surface area contributed by atoms with Gasteiger partial charge in [0.25, 0.3) is 0 Å². The molecule has 0 aromatic heterocycles. The number of piperidine rings is 1. The van der Waals surface area contributed by atoms with Crippen LogP contribution in [0.25, 0.3) is 0 Å². The Kier molecular flexibility index (Phi) is 5.79. The minimum atomic E-state index is -0.812. The Balaban J connectivity index is 2.42. The summed E-state index contributed by atoms with van der Waals surface area (Å²) in [4.78, 5) is 25.4. The van der Waals surface area contributed by atoms with Crippen LogP contribution in [0.15, 0.2) is 0 Å². The summed E-state index contributed by atoms with van der Waals surface area (Å²) in [5.74, 6) is 0.447. The molecule has 0 aromatic carbocycles. The molecule has 1 fully saturated rings. The van der Waals surface area contributed by atoms with Crippen molar-refractivity contribution in [2.75, 3.05) is 19.6 Å². The minimum absolute atomic E-state index is 0.00270. The van der Waals surface area contributed by atoms with Gasteiger partial charge in [-0.15, -0.1) is 0 Å². The molecule has 0 aliphatic carbocycles. The largest absolute Gasteiger partial charge is 0.356 e. The third-order valence-electron chi connectivity index (χ3n) is 3.42. The first-order chi connectivity index (χ1) is 8.84. The Labute approximate surface area is 115 Å². The maximum Gasteiger partial charge on any atom is 0.242 e. The molecule has 0 spiro atoms. The van der Waals surface area contributed by atoms with Gasteiger partial charge in [0.2, 0.25) is 11.8 Å². The number of rotatable bonds is 5. The molecule has 1 atom stereocenters. The van der Waals surface area contributed by atoms with Gasteiger partial charge < -0.3 is 16.0 Å². The van der Waals surface area contributed by atoms with Crippen molar-refractivity contribution in [3.05, 3.63) is 0 Å². The highest BCUT2D eigenvalue weighted by atomic mass is 16.2. The molecule has 19 heavy (non-hydrogen) atoms. The van der Waals surface area contributed by atoms with Crippen LogP contribution >= 0.6 is 0 Å². The van der Waals surface area contributed by atoms with E-state index in [0.717, 1.165) is 25.8 Å². The molecular weight excluding hydrogens is 242 g/mol. The Morgan fingerprint density at radius 2 is 2.11 bits per heavy atom. The van der Waals surface area contributed by atoms with E-state index >= 15 is 0 Å². The van der Waals surface area contributed by atoms with Crippen LogP contribution in [0.5, 0.6) is 0 Å². The molecule has 1 heterocycles. The fraction of sp³-hybridized carbons (Fsp3) is 0.857. The van der Waals surface area contributed by atoms with Crippen molar-refractivity contribution in [2.24, 2.45) is 11.7 Å². The number of nitrogens with zero attached hydrogens (tertiary/aromatic N) is 1. The van der Waals surface area contributed by atoms with Gasteiger partial charge in [-0.1, -0.05) is 6.92 Å². The lowest BCUT2D eigenvalue weighted by atomic mass is 9.95. The average molecular weight is 269 g/mol. The highest BCUT2D eigenvalue weighted by Gasteiger charge is 2.31. The van der Waals surface area contributed by atoms with Crippen LogP contribution < -0.4 is 11.1 Å². The number of nitrogens with two attached hydrogens (primary N) is 1. The molecule has 1 rings (SSSR count). The third-order valence-corrected chi connectivity index (χ3v) is 3.42. The van der Waals surface area contributed by atoms with E-state index in [1.54, 1.807) is 13.8 Å². The van der Waals surface area contributed by atoms with Gasteiger partial charge in [0, 0.05) is 26.1 Å². The predicted octanol–water partition coefficient (Wildman–Crippen LogP) is 0.879. The quantitative estimate of drug-likeness (QED) is 0.778. The summed E-state index contributed by atoms with van der Waals surface area (Å²) >= 11 is 0. The smallest absolute Gasteiger partial charge is 0.242 e. The van der Waals surface area contributed by atoms with Crippen molar-refractivity contribution in [1.82, 2.24) is 10.2 Å². The summed E-state index contributed by atoms with van der Waals surface area (Å²) in [5.41, 5.74) is 5.04. The van der Waals surface area contributed by atoms with E-state index in [2.05, 4.69) is 5.32 Å². The average Bonchev–Trinajstić information content (AvgIpc) is 2.35. The molecule has 1 aliphatic rings. The minimum Gasteiger partial charge on any atom is -0.356 e. The number of hydrogen-bond acceptors (Lipinski definition) is 3. The van der Waals surface area contributed by atoms with Crippen LogP contribution in [0.4, 0.5) is 0 Å². The lowest BCUT2D eigenvalue weighted by Gasteiger charge is -2.36. The highest BCUT2D eigenvalue weighted by Crippen LogP contribution is 2.18. The van der Waals surface area contributed by atoms with Crippen LogP contribution in [-0.2, 0) is 9.59 Å². The van der Waals surface area contributed by atoms with Crippen LogP contribution in [0.1, 0.15) is 46.5 Å². The number of nitrogens with one attached hydrogen (secondary N) is 1. The van der Waals surface area contributed by atoms with Crippen molar-refractivity contribution in [3.8, 4) is 0 Å². The van der Waals surface area contributed by atoms with Gasteiger partial charge in [-0.2, -0.15) is 0 Å². The SMILES string of the molecule is CCCC(=O)NCC1CCCN(C(=O)C(C)(C)N)C1. The number of amides is 2. The third kappa shape index (κ3) is 5.19. The Morgan fingerprint density at radius 3 is 2.68 bits per heavy atom. The second-order valence-electron chi connectivity index (χ2n) is 6.04. The van der Waals surface area contributed by atoms with Crippen LogP contribution in [0, 0.1) is 5.92 Å². The molecule has 0 aromatic rings.